The van der Waals surface area contributed by atoms with Crippen molar-refractivity contribution >= 4 is 15.9 Å². The second-order valence-electron chi connectivity index (χ2n) is 5.02. The summed E-state index contributed by atoms with van der Waals surface area (Å²) in [6, 6.07) is 6.89. The lowest BCUT2D eigenvalue weighted by atomic mass is 10.2. The summed E-state index contributed by atoms with van der Waals surface area (Å²) in [5, 5.41) is 12.4. The van der Waals surface area contributed by atoms with Crippen LogP contribution in [0.1, 0.15) is 25.3 Å². The van der Waals surface area contributed by atoms with Crippen molar-refractivity contribution in [1.29, 1.82) is 0 Å². The molecule has 1 saturated carbocycles. The van der Waals surface area contributed by atoms with E-state index in [1.807, 2.05) is 13.0 Å². The molecule has 1 aromatic carbocycles. The molecular weight excluding hydrogens is 294 g/mol. The van der Waals surface area contributed by atoms with Gasteiger partial charge >= 0.3 is 0 Å². The van der Waals surface area contributed by atoms with E-state index in [0.29, 0.717) is 6.61 Å². The van der Waals surface area contributed by atoms with Gasteiger partial charge in [-0.3, -0.25) is 0 Å². The zero-order valence-electron chi connectivity index (χ0n) is 10.7. The SMILES string of the molecule is CC(CO)COc1ccc(CNC2CC2)cc1Br. The van der Waals surface area contributed by atoms with Crippen molar-refractivity contribution in [2.75, 3.05) is 13.2 Å². The van der Waals surface area contributed by atoms with Crippen LogP contribution in [0.2, 0.25) is 0 Å². The lowest BCUT2D eigenvalue weighted by Gasteiger charge is -2.13. The molecule has 1 aliphatic rings. The van der Waals surface area contributed by atoms with Gasteiger partial charge in [0.15, 0.2) is 0 Å². The van der Waals surface area contributed by atoms with Gasteiger partial charge in [-0.2, -0.15) is 0 Å². The molecule has 0 aliphatic heterocycles. The van der Waals surface area contributed by atoms with Gasteiger partial charge in [-0.05, 0) is 46.5 Å². The molecule has 0 amide bonds. The molecule has 18 heavy (non-hydrogen) atoms. The number of ether oxygens (including phenoxy) is 1. The van der Waals surface area contributed by atoms with E-state index in [1.54, 1.807) is 0 Å². The van der Waals surface area contributed by atoms with Gasteiger partial charge in [0.25, 0.3) is 0 Å². The Morgan fingerprint density at radius 2 is 2.28 bits per heavy atom. The van der Waals surface area contributed by atoms with E-state index >= 15 is 0 Å². The smallest absolute Gasteiger partial charge is 0.133 e. The van der Waals surface area contributed by atoms with Gasteiger partial charge in [-0.15, -0.1) is 0 Å². The van der Waals surface area contributed by atoms with E-state index in [4.69, 9.17) is 9.84 Å². The van der Waals surface area contributed by atoms with Crippen LogP contribution in [0.25, 0.3) is 0 Å². The summed E-state index contributed by atoms with van der Waals surface area (Å²) in [6.07, 6.45) is 2.61. The molecule has 0 spiro atoms. The first-order valence-electron chi connectivity index (χ1n) is 6.44. The van der Waals surface area contributed by atoms with Crippen LogP contribution in [0.15, 0.2) is 22.7 Å². The maximum absolute atomic E-state index is 8.95. The molecule has 0 saturated heterocycles. The average Bonchev–Trinajstić information content (AvgIpc) is 3.18. The molecular formula is C14H20BrNO2. The number of benzene rings is 1. The van der Waals surface area contributed by atoms with E-state index < -0.39 is 0 Å². The highest BCUT2D eigenvalue weighted by Crippen LogP contribution is 2.27. The van der Waals surface area contributed by atoms with Crippen LogP contribution in [0.4, 0.5) is 0 Å². The van der Waals surface area contributed by atoms with E-state index in [0.717, 1.165) is 22.8 Å². The fourth-order valence-electron chi connectivity index (χ4n) is 1.61. The van der Waals surface area contributed by atoms with Crippen molar-refractivity contribution in [1.82, 2.24) is 5.32 Å². The fraction of sp³-hybridized carbons (Fsp3) is 0.571. The quantitative estimate of drug-likeness (QED) is 0.813. The summed E-state index contributed by atoms with van der Waals surface area (Å²) in [5.74, 6) is 0.999. The molecule has 1 unspecified atom stereocenters. The summed E-state index contributed by atoms with van der Waals surface area (Å²) in [7, 11) is 0. The zero-order valence-corrected chi connectivity index (χ0v) is 12.2. The molecule has 2 N–H and O–H groups in total. The largest absolute Gasteiger partial charge is 0.492 e. The van der Waals surface area contributed by atoms with Crippen molar-refractivity contribution in [3.8, 4) is 5.75 Å². The lowest BCUT2D eigenvalue weighted by Crippen LogP contribution is -2.15. The van der Waals surface area contributed by atoms with Crippen LogP contribution in [0.5, 0.6) is 5.75 Å². The first-order chi connectivity index (χ1) is 8.69. The topological polar surface area (TPSA) is 41.5 Å². The van der Waals surface area contributed by atoms with Gasteiger partial charge in [-0.25, -0.2) is 0 Å². The van der Waals surface area contributed by atoms with E-state index in [1.165, 1.54) is 18.4 Å². The van der Waals surface area contributed by atoms with Crippen LogP contribution in [0.3, 0.4) is 0 Å². The fourth-order valence-corrected chi connectivity index (χ4v) is 2.15. The molecule has 1 atom stereocenters. The molecule has 4 heteroatoms. The summed E-state index contributed by atoms with van der Waals surface area (Å²) >= 11 is 3.53. The third kappa shape index (κ3) is 4.26. The molecule has 0 aromatic heterocycles. The van der Waals surface area contributed by atoms with Gasteiger partial charge < -0.3 is 15.2 Å². The Labute approximate surface area is 117 Å². The number of aliphatic hydroxyl groups is 1. The zero-order chi connectivity index (χ0) is 13.0. The molecule has 3 nitrogen and oxygen atoms in total. The molecule has 0 heterocycles. The van der Waals surface area contributed by atoms with Crippen LogP contribution in [-0.4, -0.2) is 24.4 Å². The van der Waals surface area contributed by atoms with Crippen LogP contribution in [0, 0.1) is 5.92 Å². The van der Waals surface area contributed by atoms with Crippen molar-refractivity contribution in [3.05, 3.63) is 28.2 Å². The number of rotatable bonds is 7. The maximum atomic E-state index is 8.95. The summed E-state index contributed by atoms with van der Waals surface area (Å²) in [6.45, 7) is 3.56. The number of aliphatic hydroxyl groups excluding tert-OH is 1. The number of halogens is 1. The van der Waals surface area contributed by atoms with Gasteiger partial charge in [0.1, 0.15) is 5.75 Å². The Hall–Kier alpha value is -0.580. The number of hydrogen-bond donors (Lipinski definition) is 2. The average molecular weight is 314 g/mol. The van der Waals surface area contributed by atoms with E-state index in [2.05, 4.69) is 33.4 Å². The Morgan fingerprint density at radius 3 is 2.89 bits per heavy atom. The van der Waals surface area contributed by atoms with Gasteiger partial charge in [0.2, 0.25) is 0 Å². The van der Waals surface area contributed by atoms with Crippen LogP contribution in [-0.2, 0) is 6.54 Å². The lowest BCUT2D eigenvalue weighted by molar-refractivity contribution is 0.174. The van der Waals surface area contributed by atoms with Gasteiger partial charge in [0, 0.05) is 25.1 Å². The third-order valence-electron chi connectivity index (χ3n) is 3.00. The molecule has 100 valence electrons. The normalized spacial score (nSPS) is 16.6. The van der Waals surface area contributed by atoms with E-state index in [9.17, 15) is 0 Å². The Balaban J connectivity index is 1.87. The second-order valence-corrected chi connectivity index (χ2v) is 5.87. The van der Waals surface area contributed by atoms with Gasteiger partial charge in [0.05, 0.1) is 11.1 Å². The molecule has 0 bridgehead atoms. The molecule has 0 radical (unpaired) electrons. The Bertz CT molecular complexity index is 393. The summed E-state index contributed by atoms with van der Waals surface area (Å²) < 4.78 is 6.63. The van der Waals surface area contributed by atoms with Crippen molar-refractivity contribution in [2.45, 2.75) is 32.4 Å². The number of nitrogens with one attached hydrogen (secondary N) is 1. The highest BCUT2D eigenvalue weighted by molar-refractivity contribution is 9.10. The van der Waals surface area contributed by atoms with E-state index in [-0.39, 0.29) is 12.5 Å². The predicted molar refractivity (Wildman–Crippen MR) is 75.7 cm³/mol. The predicted octanol–water partition coefficient (Wildman–Crippen LogP) is 2.71. The molecule has 2 rings (SSSR count). The molecule has 1 aromatic rings. The third-order valence-corrected chi connectivity index (χ3v) is 3.62. The summed E-state index contributed by atoms with van der Waals surface area (Å²) in [4.78, 5) is 0. The highest BCUT2D eigenvalue weighted by atomic mass is 79.9. The van der Waals surface area contributed by atoms with Crippen molar-refractivity contribution in [3.63, 3.8) is 0 Å². The minimum absolute atomic E-state index is 0.154. The minimum atomic E-state index is 0.154. The molecule has 1 fully saturated rings. The minimum Gasteiger partial charge on any atom is -0.492 e. The summed E-state index contributed by atoms with van der Waals surface area (Å²) in [5.41, 5.74) is 1.26. The standard InChI is InChI=1S/C14H20BrNO2/c1-10(8-17)9-18-14-5-2-11(6-13(14)15)7-16-12-3-4-12/h2,5-6,10,12,16-17H,3-4,7-9H2,1H3. The molecule has 1 aliphatic carbocycles. The van der Waals surface area contributed by atoms with Crippen molar-refractivity contribution in [2.24, 2.45) is 5.92 Å². The Morgan fingerprint density at radius 1 is 1.50 bits per heavy atom. The van der Waals surface area contributed by atoms with Crippen LogP contribution < -0.4 is 10.1 Å². The monoisotopic (exact) mass is 313 g/mol. The highest BCUT2D eigenvalue weighted by Gasteiger charge is 2.20. The number of hydrogen-bond acceptors (Lipinski definition) is 3. The van der Waals surface area contributed by atoms with Crippen LogP contribution >= 0.6 is 15.9 Å². The van der Waals surface area contributed by atoms with Gasteiger partial charge in [-0.1, -0.05) is 13.0 Å². The maximum Gasteiger partial charge on any atom is 0.133 e. The first-order valence-corrected chi connectivity index (χ1v) is 7.24. The first kappa shape index (κ1) is 13.8. The second kappa shape index (κ2) is 6.55. The van der Waals surface area contributed by atoms with Crippen molar-refractivity contribution < 1.29 is 9.84 Å². The Kier molecular flexibility index (Phi) is 5.03.